The van der Waals surface area contributed by atoms with Crippen LogP contribution in [0, 0.1) is 5.92 Å². The van der Waals surface area contributed by atoms with Gasteiger partial charge in [-0.2, -0.15) is 0 Å². The monoisotopic (exact) mass is 304 g/mol. The first kappa shape index (κ1) is 15.7. The number of anilines is 1. The van der Waals surface area contributed by atoms with Crippen molar-refractivity contribution in [3.05, 3.63) is 29.3 Å². The van der Waals surface area contributed by atoms with Gasteiger partial charge in [0.15, 0.2) is 0 Å². The van der Waals surface area contributed by atoms with E-state index in [9.17, 15) is 5.11 Å². The highest BCUT2D eigenvalue weighted by atomic mass is 16.3. The Kier molecular flexibility index (Phi) is 3.93. The van der Waals surface area contributed by atoms with Gasteiger partial charge in [0.25, 0.3) is 0 Å². The second kappa shape index (κ2) is 5.49. The van der Waals surface area contributed by atoms with Gasteiger partial charge in [-0.15, -0.1) is 0 Å². The van der Waals surface area contributed by atoms with Crippen LogP contribution >= 0.6 is 0 Å². The Morgan fingerprint density at radius 3 is 2.50 bits per heavy atom. The quantitative estimate of drug-likeness (QED) is 0.613. The Balaban J connectivity index is 2.14. The van der Waals surface area contributed by atoms with E-state index in [-0.39, 0.29) is 5.92 Å². The molecular weight excluding hydrogens is 276 g/mol. The summed E-state index contributed by atoms with van der Waals surface area (Å²) >= 11 is 0. The molecule has 0 saturated carbocycles. The smallest absolute Gasteiger partial charge is 0.126 e. The first-order chi connectivity index (χ1) is 10.5. The standard InChI is InChI=1S/C17H28N4O/c1-18-14-6-5-12-10-16(19-2,20-3)17(22,15(12)9-14)13-7-8-21(4)11-13/h5-6,9,13,18-20,22H,7-8,10-11H2,1-4H3. The van der Waals surface area contributed by atoms with E-state index >= 15 is 0 Å². The van der Waals surface area contributed by atoms with Crippen molar-refractivity contribution < 1.29 is 5.11 Å². The number of hydrogen-bond acceptors (Lipinski definition) is 5. The predicted molar refractivity (Wildman–Crippen MR) is 90.0 cm³/mol. The number of hydrogen-bond donors (Lipinski definition) is 4. The number of nitrogens with one attached hydrogen (secondary N) is 3. The summed E-state index contributed by atoms with van der Waals surface area (Å²) in [5.41, 5.74) is 1.90. The van der Waals surface area contributed by atoms with Crippen LogP contribution in [-0.2, 0) is 12.0 Å². The first-order valence-corrected chi connectivity index (χ1v) is 8.10. The number of likely N-dealkylation sites (tertiary alicyclic amines) is 1. The van der Waals surface area contributed by atoms with Gasteiger partial charge in [-0.3, -0.25) is 10.6 Å². The highest BCUT2D eigenvalue weighted by Gasteiger charge is 2.60. The summed E-state index contributed by atoms with van der Waals surface area (Å²) in [5.74, 6) is 0.214. The fraction of sp³-hybridized carbons (Fsp3) is 0.647. The van der Waals surface area contributed by atoms with E-state index in [1.54, 1.807) is 0 Å². The van der Waals surface area contributed by atoms with Crippen LogP contribution < -0.4 is 16.0 Å². The molecule has 1 aromatic carbocycles. The maximum atomic E-state index is 11.9. The van der Waals surface area contributed by atoms with Crippen molar-refractivity contribution in [3.8, 4) is 0 Å². The molecular formula is C17H28N4O. The molecule has 5 nitrogen and oxygen atoms in total. The minimum atomic E-state index is -0.913. The Labute approximate surface area is 133 Å². The van der Waals surface area contributed by atoms with E-state index in [1.807, 2.05) is 21.1 Å². The van der Waals surface area contributed by atoms with Crippen molar-refractivity contribution in [1.82, 2.24) is 15.5 Å². The van der Waals surface area contributed by atoms with Crippen molar-refractivity contribution in [2.75, 3.05) is 46.6 Å². The third-order valence-electron chi connectivity index (χ3n) is 5.75. The molecule has 2 unspecified atom stereocenters. The zero-order valence-electron chi connectivity index (χ0n) is 14.0. The largest absolute Gasteiger partial charge is 0.388 e. The Morgan fingerprint density at radius 2 is 1.95 bits per heavy atom. The summed E-state index contributed by atoms with van der Waals surface area (Å²) in [6.07, 6.45) is 1.80. The van der Waals surface area contributed by atoms with Crippen LogP contribution in [0.1, 0.15) is 17.5 Å². The molecule has 0 aromatic heterocycles. The molecule has 2 atom stereocenters. The van der Waals surface area contributed by atoms with Crippen LogP contribution in [0.3, 0.4) is 0 Å². The maximum Gasteiger partial charge on any atom is 0.126 e. The average molecular weight is 304 g/mol. The summed E-state index contributed by atoms with van der Waals surface area (Å²) in [7, 11) is 7.92. The lowest BCUT2D eigenvalue weighted by Gasteiger charge is -2.46. The lowest BCUT2D eigenvalue weighted by atomic mass is 9.75. The average Bonchev–Trinajstić information content (AvgIpc) is 3.08. The van der Waals surface area contributed by atoms with Gasteiger partial charge in [0.2, 0.25) is 0 Å². The molecule has 1 heterocycles. The molecule has 1 aromatic rings. The minimum absolute atomic E-state index is 0.214. The van der Waals surface area contributed by atoms with Gasteiger partial charge in [-0.25, -0.2) is 0 Å². The second-order valence-electron chi connectivity index (χ2n) is 6.72. The van der Waals surface area contributed by atoms with Crippen LogP contribution in [0.25, 0.3) is 0 Å². The lowest BCUT2D eigenvalue weighted by molar-refractivity contribution is -0.0998. The van der Waals surface area contributed by atoms with Crippen molar-refractivity contribution >= 4 is 5.69 Å². The molecule has 0 amide bonds. The number of aliphatic hydroxyl groups is 1. The van der Waals surface area contributed by atoms with Crippen molar-refractivity contribution in [2.45, 2.75) is 24.1 Å². The summed E-state index contributed by atoms with van der Waals surface area (Å²) in [6.45, 7) is 1.96. The van der Waals surface area contributed by atoms with Crippen molar-refractivity contribution in [3.63, 3.8) is 0 Å². The molecule has 22 heavy (non-hydrogen) atoms. The number of benzene rings is 1. The number of fused-ring (bicyclic) bond motifs is 1. The molecule has 1 aliphatic carbocycles. The van der Waals surface area contributed by atoms with Gasteiger partial charge in [0, 0.05) is 31.6 Å². The molecule has 0 radical (unpaired) electrons. The van der Waals surface area contributed by atoms with E-state index < -0.39 is 11.3 Å². The van der Waals surface area contributed by atoms with Crippen LogP contribution in [0.15, 0.2) is 18.2 Å². The minimum Gasteiger partial charge on any atom is -0.388 e. The van der Waals surface area contributed by atoms with E-state index in [0.717, 1.165) is 37.2 Å². The molecule has 122 valence electrons. The van der Waals surface area contributed by atoms with Gasteiger partial charge in [-0.05, 0) is 57.4 Å². The highest BCUT2D eigenvalue weighted by molar-refractivity contribution is 5.54. The second-order valence-corrected chi connectivity index (χ2v) is 6.72. The topological polar surface area (TPSA) is 59.6 Å². The third kappa shape index (κ3) is 2.00. The van der Waals surface area contributed by atoms with Gasteiger partial charge < -0.3 is 15.3 Å². The van der Waals surface area contributed by atoms with Crippen LogP contribution in [0.5, 0.6) is 0 Å². The Bertz CT molecular complexity index is 558. The highest BCUT2D eigenvalue weighted by Crippen LogP contribution is 2.50. The Morgan fingerprint density at radius 1 is 1.23 bits per heavy atom. The van der Waals surface area contributed by atoms with Gasteiger partial charge in [-0.1, -0.05) is 6.07 Å². The van der Waals surface area contributed by atoms with Gasteiger partial charge in [0.05, 0.1) is 0 Å². The SMILES string of the molecule is CNc1ccc2c(c1)C(O)(C1CCN(C)C1)C(NC)(NC)C2. The zero-order valence-corrected chi connectivity index (χ0v) is 14.0. The van der Waals surface area contributed by atoms with Crippen LogP contribution in [-0.4, -0.2) is 56.9 Å². The summed E-state index contributed by atoms with van der Waals surface area (Å²) in [4.78, 5) is 2.30. The fourth-order valence-corrected chi connectivity index (χ4v) is 4.42. The van der Waals surface area contributed by atoms with Crippen molar-refractivity contribution in [1.29, 1.82) is 0 Å². The van der Waals surface area contributed by atoms with Crippen molar-refractivity contribution in [2.24, 2.45) is 5.92 Å². The number of rotatable bonds is 4. The first-order valence-electron chi connectivity index (χ1n) is 8.10. The van der Waals surface area contributed by atoms with E-state index in [0.29, 0.717) is 0 Å². The van der Waals surface area contributed by atoms with Gasteiger partial charge >= 0.3 is 0 Å². The number of nitrogens with zero attached hydrogens (tertiary/aromatic N) is 1. The molecule has 1 fully saturated rings. The molecule has 1 saturated heterocycles. The van der Waals surface area contributed by atoms with Gasteiger partial charge in [0.1, 0.15) is 11.3 Å². The maximum absolute atomic E-state index is 11.9. The summed E-state index contributed by atoms with van der Waals surface area (Å²) in [5, 5.41) is 21.9. The van der Waals surface area contributed by atoms with E-state index in [1.165, 1.54) is 5.56 Å². The molecule has 5 heteroatoms. The number of likely N-dealkylation sites (N-methyl/N-ethyl adjacent to an activating group) is 2. The third-order valence-corrected chi connectivity index (χ3v) is 5.75. The van der Waals surface area contributed by atoms with E-state index in [2.05, 4.69) is 46.1 Å². The molecule has 0 bridgehead atoms. The predicted octanol–water partition coefficient (Wildman–Crippen LogP) is 0.559. The molecule has 3 rings (SSSR count). The molecule has 0 spiro atoms. The lowest BCUT2D eigenvalue weighted by Crippen LogP contribution is -2.68. The molecule has 4 N–H and O–H groups in total. The summed E-state index contributed by atoms with van der Waals surface area (Å²) in [6, 6.07) is 6.34. The van der Waals surface area contributed by atoms with Crippen LogP contribution in [0.4, 0.5) is 5.69 Å². The van der Waals surface area contributed by atoms with E-state index in [4.69, 9.17) is 0 Å². The molecule has 2 aliphatic rings. The summed E-state index contributed by atoms with van der Waals surface area (Å²) < 4.78 is 0. The zero-order chi connectivity index (χ0) is 16.0. The Hall–Kier alpha value is -1.14. The molecule has 1 aliphatic heterocycles. The normalized spacial score (nSPS) is 30.5. The van der Waals surface area contributed by atoms with Crippen LogP contribution in [0.2, 0.25) is 0 Å². The fourth-order valence-electron chi connectivity index (χ4n) is 4.42.